The van der Waals surface area contributed by atoms with Crippen molar-refractivity contribution in [1.82, 2.24) is 4.98 Å². The highest BCUT2D eigenvalue weighted by Gasteiger charge is 2.25. The molecule has 0 saturated carbocycles. The fourth-order valence-corrected chi connectivity index (χ4v) is 2.91. The number of ether oxygens (including phenoxy) is 2. The molecule has 1 amide bonds. The number of esters is 1. The summed E-state index contributed by atoms with van der Waals surface area (Å²) < 4.78 is 10.5. The smallest absolute Gasteiger partial charge is 0.355 e. The molecule has 1 aromatic heterocycles. The van der Waals surface area contributed by atoms with Crippen LogP contribution in [0, 0.1) is 20.8 Å². The van der Waals surface area contributed by atoms with E-state index in [-0.39, 0.29) is 11.5 Å². The maximum atomic E-state index is 12.4. The summed E-state index contributed by atoms with van der Waals surface area (Å²) in [5, 5.41) is 2.70. The molecule has 2 rings (SSSR count). The Bertz CT molecular complexity index is 898. The van der Waals surface area contributed by atoms with Gasteiger partial charge in [0, 0.05) is 11.3 Å². The number of hydrogen-bond acceptors (Lipinski definition) is 5. The Morgan fingerprint density at radius 1 is 1.15 bits per heavy atom. The third-order valence-electron chi connectivity index (χ3n) is 4.26. The van der Waals surface area contributed by atoms with E-state index in [1.807, 2.05) is 13.0 Å². The van der Waals surface area contributed by atoms with Crippen molar-refractivity contribution in [2.24, 2.45) is 0 Å². The van der Waals surface area contributed by atoms with Crippen LogP contribution < -0.4 is 10.1 Å². The Balaban J connectivity index is 2.13. The number of anilines is 1. The van der Waals surface area contributed by atoms with Gasteiger partial charge in [-0.2, -0.15) is 0 Å². The summed E-state index contributed by atoms with van der Waals surface area (Å²) >= 11 is 0. The molecule has 0 aliphatic rings. The van der Waals surface area contributed by atoms with Crippen LogP contribution in [0.4, 0.5) is 5.69 Å². The molecule has 0 spiro atoms. The van der Waals surface area contributed by atoms with Crippen LogP contribution in [-0.2, 0) is 9.53 Å². The number of nitrogens with one attached hydrogen (secondary N) is 2. The molecular weight excluding hydrogens is 348 g/mol. The molecule has 0 bridgehead atoms. The number of aryl methyl sites for hydroxylation is 2. The first-order valence-electron chi connectivity index (χ1n) is 8.52. The molecule has 27 heavy (non-hydrogen) atoms. The monoisotopic (exact) mass is 372 g/mol. The lowest BCUT2D eigenvalue weighted by Gasteiger charge is -2.15. The van der Waals surface area contributed by atoms with Gasteiger partial charge in [0.15, 0.2) is 11.9 Å². The van der Waals surface area contributed by atoms with Crippen LogP contribution in [0.1, 0.15) is 51.5 Å². The number of H-pyrrole nitrogens is 1. The minimum atomic E-state index is -1.04. The van der Waals surface area contributed by atoms with Gasteiger partial charge in [0.1, 0.15) is 11.4 Å². The van der Waals surface area contributed by atoms with Crippen LogP contribution in [0.5, 0.6) is 5.75 Å². The Hall–Kier alpha value is -3.09. The largest absolute Gasteiger partial charge is 0.495 e. The van der Waals surface area contributed by atoms with E-state index < -0.39 is 18.0 Å². The molecule has 0 aliphatic carbocycles. The average Bonchev–Trinajstić information content (AvgIpc) is 2.89. The molecule has 1 heterocycles. The molecule has 2 aromatic rings. The van der Waals surface area contributed by atoms with Crippen molar-refractivity contribution < 1.29 is 23.9 Å². The molecule has 0 fully saturated rings. The summed E-state index contributed by atoms with van der Waals surface area (Å²) in [7, 11) is 1.51. The van der Waals surface area contributed by atoms with E-state index in [0.717, 1.165) is 5.56 Å². The fraction of sp³-hybridized carbons (Fsp3) is 0.350. The van der Waals surface area contributed by atoms with Crippen molar-refractivity contribution >= 4 is 23.3 Å². The number of aromatic nitrogens is 1. The van der Waals surface area contributed by atoms with Gasteiger partial charge in [0.05, 0.1) is 12.8 Å². The van der Waals surface area contributed by atoms with E-state index >= 15 is 0 Å². The van der Waals surface area contributed by atoms with Crippen molar-refractivity contribution in [1.29, 1.82) is 0 Å². The van der Waals surface area contributed by atoms with E-state index in [9.17, 15) is 14.4 Å². The highest BCUT2D eigenvalue weighted by atomic mass is 16.5. The van der Waals surface area contributed by atoms with Crippen molar-refractivity contribution in [2.75, 3.05) is 12.4 Å². The maximum Gasteiger partial charge on any atom is 0.355 e. The zero-order valence-electron chi connectivity index (χ0n) is 16.4. The number of carbonyl (C=O) groups excluding carboxylic acids is 3. The summed E-state index contributed by atoms with van der Waals surface area (Å²) in [6.07, 6.45) is -1.04. The predicted octanol–water partition coefficient (Wildman–Crippen LogP) is 3.34. The van der Waals surface area contributed by atoms with E-state index in [4.69, 9.17) is 9.47 Å². The number of carbonyl (C=O) groups is 3. The lowest BCUT2D eigenvalue weighted by Crippen LogP contribution is -2.30. The van der Waals surface area contributed by atoms with Gasteiger partial charge in [0.25, 0.3) is 5.91 Å². The first-order chi connectivity index (χ1) is 12.6. The Kier molecular flexibility index (Phi) is 6.05. The highest BCUT2D eigenvalue weighted by Crippen LogP contribution is 2.25. The normalized spacial score (nSPS) is 11.6. The van der Waals surface area contributed by atoms with Crippen LogP contribution in [0.3, 0.4) is 0 Å². The summed E-state index contributed by atoms with van der Waals surface area (Å²) in [6.45, 7) is 8.18. The van der Waals surface area contributed by atoms with Crippen LogP contribution >= 0.6 is 0 Å². The Morgan fingerprint density at radius 3 is 2.37 bits per heavy atom. The number of ketones is 1. The lowest BCUT2D eigenvalue weighted by molar-refractivity contribution is -0.123. The average molecular weight is 372 g/mol. The van der Waals surface area contributed by atoms with Gasteiger partial charge in [-0.15, -0.1) is 0 Å². The number of hydrogen-bond donors (Lipinski definition) is 2. The quantitative estimate of drug-likeness (QED) is 0.599. The van der Waals surface area contributed by atoms with Gasteiger partial charge in [0.2, 0.25) is 0 Å². The van der Waals surface area contributed by atoms with Crippen LogP contribution in [-0.4, -0.2) is 35.9 Å². The standard InChI is InChI=1S/C20H24N2O5/c1-10-7-8-16(26-6)15(9-10)22-19(24)14(5)27-20(25)18-11(2)17(13(4)23)12(3)21-18/h7-9,14,21H,1-6H3,(H,22,24)/t14-/m0/s1. The van der Waals surface area contributed by atoms with E-state index in [1.54, 1.807) is 26.0 Å². The summed E-state index contributed by atoms with van der Waals surface area (Å²) in [5.41, 5.74) is 3.18. The highest BCUT2D eigenvalue weighted by molar-refractivity contribution is 6.02. The molecular formula is C20H24N2O5. The number of aromatic amines is 1. The summed E-state index contributed by atoms with van der Waals surface area (Å²) in [5.74, 6) is -0.811. The molecule has 0 radical (unpaired) electrons. The molecule has 0 aliphatic heterocycles. The minimum Gasteiger partial charge on any atom is -0.495 e. The molecule has 144 valence electrons. The SMILES string of the molecule is COc1ccc(C)cc1NC(=O)[C@H](C)OC(=O)c1[nH]c(C)c(C(C)=O)c1C. The molecule has 2 N–H and O–H groups in total. The summed E-state index contributed by atoms with van der Waals surface area (Å²) in [4.78, 5) is 39.4. The maximum absolute atomic E-state index is 12.4. The first-order valence-corrected chi connectivity index (χ1v) is 8.52. The molecule has 1 atom stereocenters. The molecule has 7 nitrogen and oxygen atoms in total. The van der Waals surface area contributed by atoms with Gasteiger partial charge < -0.3 is 19.8 Å². The van der Waals surface area contributed by atoms with Gasteiger partial charge in [-0.25, -0.2) is 4.79 Å². The molecule has 7 heteroatoms. The third-order valence-corrected chi connectivity index (χ3v) is 4.26. The third kappa shape index (κ3) is 4.36. The second-order valence-corrected chi connectivity index (χ2v) is 6.42. The minimum absolute atomic E-state index is 0.141. The summed E-state index contributed by atoms with van der Waals surface area (Å²) in [6, 6.07) is 5.37. The Labute approximate surface area is 158 Å². The zero-order chi connectivity index (χ0) is 20.3. The second kappa shape index (κ2) is 8.07. The molecule has 1 aromatic carbocycles. The van der Waals surface area contributed by atoms with Crippen LogP contribution in [0.2, 0.25) is 0 Å². The van der Waals surface area contributed by atoms with E-state index in [0.29, 0.717) is 28.3 Å². The van der Waals surface area contributed by atoms with Gasteiger partial charge >= 0.3 is 5.97 Å². The van der Waals surface area contributed by atoms with Gasteiger partial charge in [-0.05, 0) is 57.9 Å². The Morgan fingerprint density at radius 2 is 1.81 bits per heavy atom. The predicted molar refractivity (Wildman–Crippen MR) is 102 cm³/mol. The van der Waals surface area contributed by atoms with E-state index in [1.165, 1.54) is 21.0 Å². The topological polar surface area (TPSA) is 97.5 Å². The van der Waals surface area contributed by atoms with Crippen LogP contribution in [0.15, 0.2) is 18.2 Å². The first kappa shape index (κ1) is 20.2. The number of amides is 1. The van der Waals surface area contributed by atoms with Crippen molar-refractivity contribution in [2.45, 2.75) is 40.7 Å². The van der Waals surface area contributed by atoms with Gasteiger partial charge in [-0.1, -0.05) is 6.07 Å². The van der Waals surface area contributed by atoms with Crippen molar-refractivity contribution in [3.05, 3.63) is 46.3 Å². The molecule has 0 saturated heterocycles. The van der Waals surface area contributed by atoms with Crippen molar-refractivity contribution in [3.63, 3.8) is 0 Å². The van der Waals surface area contributed by atoms with E-state index in [2.05, 4.69) is 10.3 Å². The lowest BCUT2D eigenvalue weighted by atomic mass is 10.1. The van der Waals surface area contributed by atoms with Gasteiger partial charge in [-0.3, -0.25) is 9.59 Å². The number of Topliss-reactive ketones (excluding diaryl/α,β-unsaturated/α-hetero) is 1. The molecule has 0 unspecified atom stereocenters. The van der Waals surface area contributed by atoms with Crippen LogP contribution in [0.25, 0.3) is 0 Å². The fourth-order valence-electron chi connectivity index (χ4n) is 2.91. The second-order valence-electron chi connectivity index (χ2n) is 6.42. The van der Waals surface area contributed by atoms with Crippen molar-refractivity contribution in [3.8, 4) is 5.75 Å². The number of benzene rings is 1. The number of methoxy groups -OCH3 is 1. The number of rotatable bonds is 6. The zero-order valence-corrected chi connectivity index (χ0v) is 16.4.